The number of hydrogen-bond donors (Lipinski definition) is 1. The van der Waals surface area contributed by atoms with E-state index < -0.39 is 0 Å². The summed E-state index contributed by atoms with van der Waals surface area (Å²) in [5, 5.41) is 6.85. The first-order valence-electron chi connectivity index (χ1n) is 2.31. The topological polar surface area (TPSA) is 30.9 Å². The molecule has 0 radical (unpaired) electrons. The zero-order valence-corrected chi connectivity index (χ0v) is 5.55. The molecule has 0 aromatic carbocycles. The van der Waals surface area contributed by atoms with E-state index in [4.69, 9.17) is 0 Å². The highest BCUT2D eigenvalue weighted by molar-refractivity contribution is 5.22. The SMILES string of the molecule is C=NN(C)NN(C)C. The monoisotopic (exact) mass is 116 g/mol. The smallest absolute Gasteiger partial charge is 0.0435 e. The second kappa shape index (κ2) is 3.40. The maximum atomic E-state index is 3.56. The number of hydrazine groups is 2. The van der Waals surface area contributed by atoms with Crippen molar-refractivity contribution in [1.29, 1.82) is 0 Å². The summed E-state index contributed by atoms with van der Waals surface area (Å²) in [6.07, 6.45) is 0. The van der Waals surface area contributed by atoms with Gasteiger partial charge in [0.25, 0.3) is 0 Å². The van der Waals surface area contributed by atoms with Crippen molar-refractivity contribution in [3.8, 4) is 0 Å². The molecule has 0 fully saturated rings. The average Bonchev–Trinajstić information content (AvgIpc) is 1.65. The van der Waals surface area contributed by atoms with Gasteiger partial charge in [-0.25, -0.2) is 10.1 Å². The van der Waals surface area contributed by atoms with Crippen LogP contribution in [0.25, 0.3) is 0 Å². The van der Waals surface area contributed by atoms with E-state index in [0.717, 1.165) is 0 Å². The Hall–Kier alpha value is -0.610. The zero-order chi connectivity index (χ0) is 6.57. The van der Waals surface area contributed by atoms with Crippen LogP contribution in [-0.2, 0) is 0 Å². The number of hydrogen-bond acceptors (Lipinski definition) is 4. The van der Waals surface area contributed by atoms with E-state index in [-0.39, 0.29) is 0 Å². The van der Waals surface area contributed by atoms with Crippen LogP contribution in [-0.4, -0.2) is 38.0 Å². The van der Waals surface area contributed by atoms with Crippen molar-refractivity contribution in [2.75, 3.05) is 21.1 Å². The summed E-state index contributed by atoms with van der Waals surface area (Å²) >= 11 is 0. The molecular formula is C4H12N4. The lowest BCUT2D eigenvalue weighted by Gasteiger charge is -2.18. The first-order valence-corrected chi connectivity index (χ1v) is 2.31. The number of hydrazone groups is 1. The van der Waals surface area contributed by atoms with E-state index in [9.17, 15) is 0 Å². The van der Waals surface area contributed by atoms with Gasteiger partial charge < -0.3 is 0 Å². The second-order valence-electron chi connectivity index (χ2n) is 1.66. The predicted octanol–water partition coefficient (Wildman–Crippen LogP) is -0.485. The van der Waals surface area contributed by atoms with Crippen molar-refractivity contribution in [3.05, 3.63) is 0 Å². The maximum absolute atomic E-state index is 3.56. The van der Waals surface area contributed by atoms with Gasteiger partial charge in [-0.2, -0.15) is 10.6 Å². The molecule has 48 valence electrons. The molecule has 0 aromatic heterocycles. The quantitative estimate of drug-likeness (QED) is 0.399. The van der Waals surface area contributed by atoms with Crippen molar-refractivity contribution in [2.45, 2.75) is 0 Å². The van der Waals surface area contributed by atoms with Crippen LogP contribution >= 0.6 is 0 Å². The summed E-state index contributed by atoms with van der Waals surface area (Å²) < 4.78 is 0. The van der Waals surface area contributed by atoms with Gasteiger partial charge in [-0.15, -0.1) is 0 Å². The lowest BCUT2D eigenvalue weighted by Crippen LogP contribution is -2.40. The number of nitrogens with one attached hydrogen (secondary N) is 1. The molecule has 8 heavy (non-hydrogen) atoms. The van der Waals surface area contributed by atoms with Crippen molar-refractivity contribution in [2.24, 2.45) is 5.10 Å². The molecule has 0 saturated carbocycles. The van der Waals surface area contributed by atoms with Crippen molar-refractivity contribution >= 4 is 6.72 Å². The minimum absolute atomic E-state index is 1.51. The summed E-state index contributed by atoms with van der Waals surface area (Å²) in [7, 11) is 5.52. The average molecular weight is 116 g/mol. The lowest BCUT2D eigenvalue weighted by molar-refractivity contribution is 0.0914. The van der Waals surface area contributed by atoms with Gasteiger partial charge in [-0.1, -0.05) is 0 Å². The highest BCUT2D eigenvalue weighted by Gasteiger charge is 1.87. The normalized spacial score (nSPS) is 9.50. The molecule has 0 bridgehead atoms. The van der Waals surface area contributed by atoms with Crippen molar-refractivity contribution < 1.29 is 0 Å². The van der Waals surface area contributed by atoms with E-state index in [0.29, 0.717) is 0 Å². The van der Waals surface area contributed by atoms with Crippen LogP contribution < -0.4 is 5.53 Å². The fraction of sp³-hybridized carbons (Fsp3) is 0.750. The summed E-state index contributed by atoms with van der Waals surface area (Å²) in [6.45, 7) is 3.30. The molecule has 0 saturated heterocycles. The molecule has 0 rings (SSSR count). The van der Waals surface area contributed by atoms with E-state index >= 15 is 0 Å². The first-order chi connectivity index (χ1) is 3.66. The van der Waals surface area contributed by atoms with Gasteiger partial charge in [0, 0.05) is 27.9 Å². The lowest BCUT2D eigenvalue weighted by atomic mass is 11.2. The van der Waals surface area contributed by atoms with Gasteiger partial charge in [-0.05, 0) is 0 Å². The van der Waals surface area contributed by atoms with E-state index in [2.05, 4.69) is 17.4 Å². The number of nitrogens with zero attached hydrogens (tertiary/aromatic N) is 3. The molecule has 0 aliphatic heterocycles. The van der Waals surface area contributed by atoms with Gasteiger partial charge in [-0.3, -0.25) is 0 Å². The van der Waals surface area contributed by atoms with Crippen LogP contribution in [0.3, 0.4) is 0 Å². The standard InChI is InChI=1S/C4H12N4/c1-5-8(4)6-7(2)3/h6H,1H2,2-4H3. The minimum Gasteiger partial charge on any atom is -0.231 e. The van der Waals surface area contributed by atoms with Crippen LogP contribution in [0.4, 0.5) is 0 Å². The van der Waals surface area contributed by atoms with Crippen LogP contribution in [0.5, 0.6) is 0 Å². The highest BCUT2D eigenvalue weighted by Crippen LogP contribution is 1.71. The Balaban J connectivity index is 3.23. The third-order valence-electron chi connectivity index (χ3n) is 0.557. The van der Waals surface area contributed by atoms with Crippen LogP contribution in [0.1, 0.15) is 0 Å². The Morgan fingerprint density at radius 2 is 1.88 bits per heavy atom. The molecule has 0 heterocycles. The van der Waals surface area contributed by atoms with Crippen LogP contribution in [0.2, 0.25) is 0 Å². The fourth-order valence-electron chi connectivity index (χ4n) is 0.321. The van der Waals surface area contributed by atoms with Gasteiger partial charge in [0.05, 0.1) is 0 Å². The van der Waals surface area contributed by atoms with Crippen molar-refractivity contribution in [3.63, 3.8) is 0 Å². The first kappa shape index (κ1) is 7.39. The summed E-state index contributed by atoms with van der Waals surface area (Å²) in [5.74, 6) is 0. The minimum atomic E-state index is 1.51. The molecule has 0 aliphatic rings. The Labute approximate surface area is 49.7 Å². The second-order valence-corrected chi connectivity index (χ2v) is 1.66. The van der Waals surface area contributed by atoms with Gasteiger partial charge in [0.2, 0.25) is 0 Å². The molecule has 0 spiro atoms. The Morgan fingerprint density at radius 3 is 2.00 bits per heavy atom. The zero-order valence-electron chi connectivity index (χ0n) is 5.55. The van der Waals surface area contributed by atoms with Crippen LogP contribution in [0.15, 0.2) is 5.10 Å². The molecule has 0 unspecified atom stereocenters. The molecule has 4 nitrogen and oxygen atoms in total. The molecule has 0 atom stereocenters. The largest absolute Gasteiger partial charge is 0.231 e. The molecule has 4 heteroatoms. The summed E-state index contributed by atoms with van der Waals surface area (Å²) in [5.41, 5.74) is 2.83. The Kier molecular flexibility index (Phi) is 3.14. The third-order valence-corrected chi connectivity index (χ3v) is 0.557. The van der Waals surface area contributed by atoms with Crippen molar-refractivity contribution in [1.82, 2.24) is 15.7 Å². The summed E-state index contributed by atoms with van der Waals surface area (Å²) in [4.78, 5) is 0. The Bertz CT molecular complexity index is 70.4. The van der Waals surface area contributed by atoms with E-state index in [1.54, 1.807) is 12.1 Å². The third kappa shape index (κ3) is 3.58. The van der Waals surface area contributed by atoms with Gasteiger partial charge >= 0.3 is 0 Å². The Morgan fingerprint density at radius 1 is 1.38 bits per heavy atom. The molecule has 1 N–H and O–H groups in total. The van der Waals surface area contributed by atoms with E-state index in [1.807, 2.05) is 14.1 Å². The van der Waals surface area contributed by atoms with Crippen LogP contribution in [0, 0.1) is 0 Å². The van der Waals surface area contributed by atoms with Gasteiger partial charge in [0.1, 0.15) is 0 Å². The maximum Gasteiger partial charge on any atom is 0.0435 e. The molecule has 0 aliphatic carbocycles. The molecule has 0 aromatic rings. The fourth-order valence-corrected chi connectivity index (χ4v) is 0.321. The van der Waals surface area contributed by atoms with Gasteiger partial charge in [0.15, 0.2) is 0 Å². The summed E-state index contributed by atoms with van der Waals surface area (Å²) in [6, 6.07) is 0. The number of rotatable bonds is 3. The van der Waals surface area contributed by atoms with E-state index in [1.165, 1.54) is 5.12 Å². The highest BCUT2D eigenvalue weighted by atomic mass is 15.8. The molecule has 0 amide bonds. The predicted molar refractivity (Wildman–Crippen MR) is 34.1 cm³/mol. The molecular weight excluding hydrogens is 104 g/mol.